The predicted octanol–water partition coefficient (Wildman–Crippen LogP) is 2.09. The van der Waals surface area contributed by atoms with Crippen molar-refractivity contribution in [3.63, 3.8) is 0 Å². The molecule has 0 spiro atoms. The minimum absolute atomic E-state index is 0.0337. The summed E-state index contributed by atoms with van der Waals surface area (Å²) < 4.78 is 0. The third-order valence-corrected chi connectivity index (χ3v) is 5.61. The Morgan fingerprint density at radius 1 is 1.29 bits per heavy atom. The number of benzene rings is 1. The third kappa shape index (κ3) is 6.04. The molecule has 1 heterocycles. The zero-order valence-electron chi connectivity index (χ0n) is 17.9. The van der Waals surface area contributed by atoms with Crippen LogP contribution in [-0.2, 0) is 6.54 Å². The second-order valence-corrected chi connectivity index (χ2v) is 8.26. The van der Waals surface area contributed by atoms with Crippen LogP contribution in [0.3, 0.4) is 0 Å². The number of nitrogens with one attached hydrogen (secondary N) is 3. The Kier molecular flexibility index (Phi) is 8.45. The van der Waals surface area contributed by atoms with E-state index in [2.05, 4.69) is 42.9 Å². The van der Waals surface area contributed by atoms with Gasteiger partial charge in [0.1, 0.15) is 0 Å². The van der Waals surface area contributed by atoms with Gasteiger partial charge in [0.15, 0.2) is 5.11 Å². The molecule has 0 unspecified atom stereocenters. The van der Waals surface area contributed by atoms with Gasteiger partial charge in [0.2, 0.25) is 0 Å². The van der Waals surface area contributed by atoms with Crippen molar-refractivity contribution in [2.75, 3.05) is 32.7 Å². The first kappa shape index (κ1) is 22.4. The molecule has 2 aromatic rings. The molecular formula is C22H35N4OS+. The molecule has 0 aliphatic heterocycles. The van der Waals surface area contributed by atoms with Crippen molar-refractivity contribution < 1.29 is 4.90 Å². The summed E-state index contributed by atoms with van der Waals surface area (Å²) >= 11 is 5.67. The molecule has 0 saturated heterocycles. The number of thiocarbonyl (C=S) groups is 1. The second kappa shape index (κ2) is 10.6. The lowest BCUT2D eigenvalue weighted by Gasteiger charge is -2.28. The number of likely N-dealkylation sites (N-methyl/N-ethyl adjacent to an activating group) is 1. The zero-order chi connectivity index (χ0) is 20.7. The van der Waals surface area contributed by atoms with Gasteiger partial charge in [-0.25, -0.2) is 0 Å². The maximum Gasteiger partial charge on any atom is 0.253 e. The van der Waals surface area contributed by atoms with Crippen molar-refractivity contribution in [3.05, 3.63) is 45.7 Å². The fourth-order valence-electron chi connectivity index (χ4n) is 3.30. The van der Waals surface area contributed by atoms with E-state index in [0.29, 0.717) is 12.5 Å². The number of aryl methyl sites for hydroxylation is 1. The van der Waals surface area contributed by atoms with Crippen LogP contribution in [0.25, 0.3) is 10.9 Å². The van der Waals surface area contributed by atoms with Crippen LogP contribution >= 0.6 is 12.2 Å². The van der Waals surface area contributed by atoms with E-state index in [4.69, 9.17) is 12.2 Å². The average molecular weight is 404 g/mol. The fourth-order valence-corrected chi connectivity index (χ4v) is 3.54. The van der Waals surface area contributed by atoms with Gasteiger partial charge in [-0.3, -0.25) is 4.79 Å². The first-order valence-corrected chi connectivity index (χ1v) is 10.7. The van der Waals surface area contributed by atoms with Gasteiger partial charge in [0.25, 0.3) is 5.56 Å². The third-order valence-electron chi connectivity index (χ3n) is 5.21. The van der Waals surface area contributed by atoms with Crippen LogP contribution in [0.5, 0.6) is 0 Å². The Bertz CT molecular complexity index is 842. The van der Waals surface area contributed by atoms with Crippen LogP contribution < -0.4 is 15.8 Å². The van der Waals surface area contributed by atoms with Gasteiger partial charge >= 0.3 is 0 Å². The fraction of sp³-hybridized carbons (Fsp3) is 0.545. The van der Waals surface area contributed by atoms with Crippen molar-refractivity contribution in [1.82, 2.24) is 15.2 Å². The van der Waals surface area contributed by atoms with Gasteiger partial charge in [-0.1, -0.05) is 32.0 Å². The average Bonchev–Trinajstić information content (AvgIpc) is 2.67. The van der Waals surface area contributed by atoms with Crippen molar-refractivity contribution in [3.8, 4) is 0 Å². The van der Waals surface area contributed by atoms with Crippen LogP contribution in [-0.4, -0.2) is 47.7 Å². The first-order valence-electron chi connectivity index (χ1n) is 10.3. The topological polar surface area (TPSA) is 52.6 Å². The quantitative estimate of drug-likeness (QED) is 0.561. The molecule has 0 fully saturated rings. The smallest absolute Gasteiger partial charge is 0.253 e. The van der Waals surface area contributed by atoms with Crippen LogP contribution in [0.2, 0.25) is 0 Å². The Labute approximate surface area is 174 Å². The minimum atomic E-state index is -0.0337. The highest BCUT2D eigenvalue weighted by atomic mass is 32.1. The van der Waals surface area contributed by atoms with E-state index in [9.17, 15) is 4.79 Å². The molecule has 6 heteroatoms. The molecular weight excluding hydrogens is 368 g/mol. The van der Waals surface area contributed by atoms with Crippen molar-refractivity contribution in [1.29, 1.82) is 0 Å². The Hall–Kier alpha value is -1.92. The van der Waals surface area contributed by atoms with E-state index < -0.39 is 0 Å². The van der Waals surface area contributed by atoms with Crippen molar-refractivity contribution in [2.24, 2.45) is 5.92 Å². The molecule has 28 heavy (non-hydrogen) atoms. The minimum Gasteiger partial charge on any atom is -0.362 e. The summed E-state index contributed by atoms with van der Waals surface area (Å²) in [6.07, 6.45) is 0. The maximum absolute atomic E-state index is 12.7. The molecule has 0 bridgehead atoms. The molecule has 2 rings (SSSR count). The molecule has 0 aliphatic rings. The lowest BCUT2D eigenvalue weighted by molar-refractivity contribution is -0.895. The zero-order valence-corrected chi connectivity index (χ0v) is 18.7. The normalized spacial score (nSPS) is 11.4. The van der Waals surface area contributed by atoms with Crippen LogP contribution in [0, 0.1) is 12.8 Å². The van der Waals surface area contributed by atoms with E-state index in [1.165, 1.54) is 4.90 Å². The molecule has 0 aliphatic carbocycles. The number of para-hydroxylation sites is 1. The molecule has 3 N–H and O–H groups in total. The van der Waals surface area contributed by atoms with Gasteiger partial charge in [-0.15, -0.1) is 0 Å². The van der Waals surface area contributed by atoms with Gasteiger partial charge in [-0.2, -0.15) is 0 Å². The van der Waals surface area contributed by atoms with Crippen molar-refractivity contribution in [2.45, 2.75) is 41.2 Å². The highest BCUT2D eigenvalue weighted by Crippen LogP contribution is 2.15. The summed E-state index contributed by atoms with van der Waals surface area (Å²) in [6.45, 7) is 16.1. The standard InChI is InChI=1S/C22H34N4OS/c1-6-25(7-2)11-12-26(22(28)23-14-16(3)4)15-19-13-18-10-8-9-17(5)20(18)24-21(19)27/h8-10,13,16H,6-7,11-12,14-15H2,1-5H3,(H,23,28)(H,24,27)/p+1. The second-order valence-electron chi connectivity index (χ2n) is 7.87. The predicted molar refractivity (Wildman–Crippen MR) is 122 cm³/mol. The van der Waals surface area contributed by atoms with E-state index in [1.807, 2.05) is 31.2 Å². The molecule has 5 nitrogen and oxygen atoms in total. The number of fused-ring (bicyclic) bond motifs is 1. The number of aromatic nitrogens is 1. The summed E-state index contributed by atoms with van der Waals surface area (Å²) in [7, 11) is 0. The lowest BCUT2D eigenvalue weighted by Crippen LogP contribution is -3.12. The van der Waals surface area contributed by atoms with Gasteiger partial charge in [0, 0.05) is 12.1 Å². The molecule has 0 radical (unpaired) electrons. The van der Waals surface area contributed by atoms with Gasteiger partial charge in [-0.05, 0) is 55.9 Å². The molecule has 1 aromatic carbocycles. The molecule has 1 aromatic heterocycles. The summed E-state index contributed by atoms with van der Waals surface area (Å²) in [5.41, 5.74) is 2.71. The highest BCUT2D eigenvalue weighted by molar-refractivity contribution is 7.80. The molecule has 0 saturated carbocycles. The molecule has 0 atom stereocenters. The van der Waals surface area contributed by atoms with Crippen LogP contribution in [0.4, 0.5) is 0 Å². The Morgan fingerprint density at radius 2 is 2.00 bits per heavy atom. The lowest BCUT2D eigenvalue weighted by atomic mass is 10.1. The SMILES string of the molecule is CC[NH+](CC)CCN(Cc1cc2cccc(C)c2[nH]c1=O)C(=S)NCC(C)C. The van der Waals surface area contributed by atoms with Crippen LogP contribution in [0.1, 0.15) is 38.8 Å². The van der Waals surface area contributed by atoms with Crippen molar-refractivity contribution >= 4 is 28.2 Å². The first-order chi connectivity index (χ1) is 13.3. The Balaban J connectivity index is 2.25. The van der Waals surface area contributed by atoms with Gasteiger partial charge < -0.3 is 20.1 Å². The number of hydrogen-bond donors (Lipinski definition) is 3. The molecule has 154 valence electrons. The maximum atomic E-state index is 12.7. The summed E-state index contributed by atoms with van der Waals surface area (Å²) in [5.74, 6) is 0.514. The monoisotopic (exact) mass is 403 g/mol. The summed E-state index contributed by atoms with van der Waals surface area (Å²) in [5, 5.41) is 5.15. The number of quaternary nitrogens is 1. The number of rotatable bonds is 9. The summed E-state index contributed by atoms with van der Waals surface area (Å²) in [6, 6.07) is 8.09. The van der Waals surface area contributed by atoms with E-state index in [1.54, 1.807) is 0 Å². The number of H-pyrrole nitrogens is 1. The molecule has 0 amide bonds. The van der Waals surface area contributed by atoms with E-state index >= 15 is 0 Å². The van der Waals surface area contributed by atoms with Gasteiger partial charge in [0.05, 0.1) is 38.2 Å². The largest absolute Gasteiger partial charge is 0.362 e. The van der Waals surface area contributed by atoms with Crippen LogP contribution in [0.15, 0.2) is 29.1 Å². The highest BCUT2D eigenvalue weighted by Gasteiger charge is 2.16. The van der Waals surface area contributed by atoms with E-state index in [0.717, 1.165) is 59.9 Å². The number of nitrogens with zero attached hydrogens (tertiary/aromatic N) is 1. The number of pyridine rings is 1. The summed E-state index contributed by atoms with van der Waals surface area (Å²) in [4.78, 5) is 19.4. The number of hydrogen-bond acceptors (Lipinski definition) is 2. The van der Waals surface area contributed by atoms with E-state index in [-0.39, 0.29) is 5.56 Å². The Morgan fingerprint density at radius 3 is 2.64 bits per heavy atom. The number of aromatic amines is 1.